The van der Waals surface area contributed by atoms with Crippen LogP contribution in [0, 0.1) is 13.8 Å². The first kappa shape index (κ1) is 16.6. The molecule has 0 aliphatic heterocycles. The third-order valence-electron chi connectivity index (χ3n) is 3.54. The smallest absolute Gasteiger partial charge is 0.336 e. The van der Waals surface area contributed by atoms with E-state index in [9.17, 15) is 4.79 Å². The van der Waals surface area contributed by atoms with Gasteiger partial charge in [0, 0.05) is 17.7 Å². The maximum absolute atomic E-state index is 11.9. The summed E-state index contributed by atoms with van der Waals surface area (Å²) in [6.45, 7) is 3.99. The van der Waals surface area contributed by atoms with Crippen LogP contribution in [0.25, 0.3) is 6.08 Å². The molecule has 0 aliphatic rings. The van der Waals surface area contributed by atoms with Crippen molar-refractivity contribution in [2.45, 2.75) is 13.8 Å². The van der Waals surface area contributed by atoms with Crippen LogP contribution in [0.3, 0.4) is 0 Å². The molecule has 0 N–H and O–H groups in total. The van der Waals surface area contributed by atoms with Crippen molar-refractivity contribution in [1.29, 1.82) is 0 Å². The lowest BCUT2D eigenvalue weighted by atomic mass is 10.1. The first-order chi connectivity index (χ1) is 11.0. The molecular weight excluding hydrogens is 292 g/mol. The molecule has 0 heterocycles. The molecule has 4 nitrogen and oxygen atoms in total. The Morgan fingerprint density at radius 3 is 2.30 bits per heavy atom. The molecule has 0 atom stereocenters. The van der Waals surface area contributed by atoms with E-state index in [4.69, 9.17) is 14.2 Å². The Balaban J connectivity index is 2.10. The summed E-state index contributed by atoms with van der Waals surface area (Å²) >= 11 is 0. The van der Waals surface area contributed by atoms with Crippen molar-refractivity contribution in [3.05, 3.63) is 59.2 Å². The van der Waals surface area contributed by atoms with Gasteiger partial charge in [-0.3, -0.25) is 0 Å². The number of esters is 1. The van der Waals surface area contributed by atoms with Crippen LogP contribution in [-0.4, -0.2) is 20.2 Å². The van der Waals surface area contributed by atoms with E-state index in [1.165, 1.54) is 6.08 Å². The Kier molecular flexibility index (Phi) is 5.41. The predicted octanol–water partition coefficient (Wildman–Crippen LogP) is 3.94. The molecule has 0 aromatic heterocycles. The number of ether oxygens (including phenoxy) is 3. The third kappa shape index (κ3) is 4.36. The van der Waals surface area contributed by atoms with Crippen LogP contribution in [0.4, 0.5) is 0 Å². The Morgan fingerprint density at radius 2 is 1.65 bits per heavy atom. The molecule has 2 aromatic carbocycles. The average molecular weight is 312 g/mol. The highest BCUT2D eigenvalue weighted by Crippen LogP contribution is 2.25. The lowest BCUT2D eigenvalue weighted by Crippen LogP contribution is -2.04. The van der Waals surface area contributed by atoms with Gasteiger partial charge in [0.2, 0.25) is 0 Å². The Morgan fingerprint density at radius 1 is 0.913 bits per heavy atom. The van der Waals surface area contributed by atoms with Gasteiger partial charge in [0.25, 0.3) is 0 Å². The fourth-order valence-corrected chi connectivity index (χ4v) is 2.04. The van der Waals surface area contributed by atoms with E-state index < -0.39 is 5.97 Å². The van der Waals surface area contributed by atoms with E-state index >= 15 is 0 Å². The van der Waals surface area contributed by atoms with E-state index in [1.807, 2.05) is 32.0 Å². The molecule has 0 aliphatic carbocycles. The monoisotopic (exact) mass is 312 g/mol. The van der Waals surface area contributed by atoms with Crippen LogP contribution in [0.1, 0.15) is 16.7 Å². The van der Waals surface area contributed by atoms with Gasteiger partial charge in [0.1, 0.15) is 17.2 Å². The van der Waals surface area contributed by atoms with Crippen LogP contribution in [0.5, 0.6) is 17.2 Å². The van der Waals surface area contributed by atoms with Crippen LogP contribution in [0.15, 0.2) is 42.5 Å². The van der Waals surface area contributed by atoms with Gasteiger partial charge in [0.15, 0.2) is 0 Å². The molecule has 23 heavy (non-hydrogen) atoms. The summed E-state index contributed by atoms with van der Waals surface area (Å²) in [7, 11) is 3.16. The van der Waals surface area contributed by atoms with E-state index in [-0.39, 0.29) is 0 Å². The van der Waals surface area contributed by atoms with Crippen molar-refractivity contribution in [1.82, 2.24) is 0 Å². The van der Waals surface area contributed by atoms with Crippen LogP contribution in [-0.2, 0) is 4.79 Å². The van der Waals surface area contributed by atoms with Gasteiger partial charge in [-0.05, 0) is 55.3 Å². The molecule has 4 heteroatoms. The lowest BCUT2D eigenvalue weighted by molar-refractivity contribution is -0.128. The van der Waals surface area contributed by atoms with Crippen molar-refractivity contribution in [3.8, 4) is 17.2 Å². The summed E-state index contributed by atoms with van der Waals surface area (Å²) in [5, 5.41) is 0. The highest BCUT2D eigenvalue weighted by Gasteiger charge is 2.05. The average Bonchev–Trinajstić information content (AvgIpc) is 2.56. The standard InChI is InChI=1S/C19H20O4/c1-13-5-8-17(11-14(13)2)23-19(20)10-7-15-6-9-16(21-3)12-18(15)22-4/h5-12H,1-4H3. The zero-order chi connectivity index (χ0) is 16.8. The molecule has 0 saturated carbocycles. The zero-order valence-corrected chi connectivity index (χ0v) is 13.8. The molecule has 120 valence electrons. The summed E-state index contributed by atoms with van der Waals surface area (Å²) in [6.07, 6.45) is 3.03. The largest absolute Gasteiger partial charge is 0.497 e. The highest BCUT2D eigenvalue weighted by molar-refractivity contribution is 5.89. The first-order valence-corrected chi connectivity index (χ1v) is 7.22. The van der Waals surface area contributed by atoms with E-state index in [0.29, 0.717) is 17.2 Å². The second kappa shape index (κ2) is 7.49. The number of hydrogen-bond donors (Lipinski definition) is 0. The number of aryl methyl sites for hydroxylation is 2. The maximum atomic E-state index is 11.9. The molecule has 0 bridgehead atoms. The topological polar surface area (TPSA) is 44.8 Å². The van der Waals surface area contributed by atoms with Gasteiger partial charge in [-0.15, -0.1) is 0 Å². The quantitative estimate of drug-likeness (QED) is 0.476. The normalized spacial score (nSPS) is 10.6. The Bertz CT molecular complexity index is 732. The summed E-state index contributed by atoms with van der Waals surface area (Å²) in [6, 6.07) is 10.9. The maximum Gasteiger partial charge on any atom is 0.336 e. The van der Waals surface area contributed by atoms with Crippen molar-refractivity contribution in [2.75, 3.05) is 14.2 Å². The summed E-state index contributed by atoms with van der Waals surface area (Å²) in [5.74, 6) is 1.41. The third-order valence-corrected chi connectivity index (χ3v) is 3.54. The van der Waals surface area contributed by atoms with Crippen LogP contribution < -0.4 is 14.2 Å². The minimum absolute atomic E-state index is 0.439. The van der Waals surface area contributed by atoms with Gasteiger partial charge in [-0.25, -0.2) is 4.79 Å². The van der Waals surface area contributed by atoms with Gasteiger partial charge in [-0.2, -0.15) is 0 Å². The number of carbonyl (C=O) groups is 1. The number of rotatable bonds is 5. The highest BCUT2D eigenvalue weighted by atomic mass is 16.5. The second-order valence-corrected chi connectivity index (χ2v) is 5.11. The molecule has 0 fully saturated rings. The predicted molar refractivity (Wildman–Crippen MR) is 90.1 cm³/mol. The number of carbonyl (C=O) groups excluding carboxylic acids is 1. The minimum Gasteiger partial charge on any atom is -0.497 e. The fraction of sp³-hybridized carbons (Fsp3) is 0.211. The first-order valence-electron chi connectivity index (χ1n) is 7.22. The Hall–Kier alpha value is -2.75. The van der Waals surface area contributed by atoms with Gasteiger partial charge < -0.3 is 14.2 Å². The summed E-state index contributed by atoms with van der Waals surface area (Å²) in [4.78, 5) is 11.9. The van der Waals surface area contributed by atoms with E-state index in [2.05, 4.69) is 0 Å². The molecule has 0 radical (unpaired) electrons. The Labute approximate surface area is 136 Å². The van der Waals surface area contributed by atoms with Crippen molar-refractivity contribution in [2.24, 2.45) is 0 Å². The molecule has 2 rings (SSSR count). The van der Waals surface area contributed by atoms with Gasteiger partial charge in [0.05, 0.1) is 14.2 Å². The van der Waals surface area contributed by atoms with Gasteiger partial charge >= 0.3 is 5.97 Å². The van der Waals surface area contributed by atoms with E-state index in [1.54, 1.807) is 38.5 Å². The molecule has 2 aromatic rings. The number of hydrogen-bond acceptors (Lipinski definition) is 4. The number of methoxy groups -OCH3 is 2. The zero-order valence-electron chi connectivity index (χ0n) is 13.8. The SMILES string of the molecule is COc1ccc(C=CC(=O)Oc2ccc(C)c(C)c2)c(OC)c1. The molecular formula is C19H20O4. The van der Waals surface area contributed by atoms with Crippen molar-refractivity contribution in [3.63, 3.8) is 0 Å². The fourth-order valence-electron chi connectivity index (χ4n) is 2.04. The van der Waals surface area contributed by atoms with Crippen molar-refractivity contribution >= 4 is 12.0 Å². The lowest BCUT2D eigenvalue weighted by Gasteiger charge is -2.07. The molecule has 0 unspecified atom stereocenters. The van der Waals surface area contributed by atoms with E-state index in [0.717, 1.165) is 16.7 Å². The minimum atomic E-state index is -0.439. The molecule has 0 saturated heterocycles. The number of benzene rings is 2. The molecule has 0 spiro atoms. The van der Waals surface area contributed by atoms with Crippen molar-refractivity contribution < 1.29 is 19.0 Å². The summed E-state index contributed by atoms with van der Waals surface area (Å²) < 4.78 is 15.7. The van der Waals surface area contributed by atoms with Gasteiger partial charge in [-0.1, -0.05) is 6.07 Å². The second-order valence-electron chi connectivity index (χ2n) is 5.11. The van der Waals surface area contributed by atoms with Crippen LogP contribution >= 0.6 is 0 Å². The molecule has 0 amide bonds. The summed E-state index contributed by atoms with van der Waals surface area (Å²) in [5.41, 5.74) is 3.00. The van der Waals surface area contributed by atoms with Crippen LogP contribution in [0.2, 0.25) is 0 Å².